The Morgan fingerprint density at radius 2 is 2.22 bits per heavy atom. The number of hydrogen-bond acceptors (Lipinski definition) is 3. The van der Waals surface area contributed by atoms with Gasteiger partial charge in [-0.05, 0) is 12.5 Å². The first-order chi connectivity index (χ1) is 8.44. The summed E-state index contributed by atoms with van der Waals surface area (Å²) in [5.41, 5.74) is 0.604. The molecule has 0 amide bonds. The molecule has 0 saturated carbocycles. The Balaban J connectivity index is 2.36. The number of hydrogen-bond donors (Lipinski definition) is 1. The van der Waals surface area contributed by atoms with Gasteiger partial charge in [-0.2, -0.15) is 18.3 Å². The fraction of sp³-hybridized carbons (Fsp3) is 0.727. The lowest BCUT2D eigenvalue weighted by atomic mass is 10.2. The lowest BCUT2D eigenvalue weighted by molar-refractivity contribution is -0.175. The van der Waals surface area contributed by atoms with E-state index in [1.807, 2.05) is 6.92 Å². The van der Waals surface area contributed by atoms with Crippen molar-refractivity contribution in [3.63, 3.8) is 0 Å². The van der Waals surface area contributed by atoms with E-state index in [-0.39, 0.29) is 13.0 Å². The molecule has 1 aromatic heterocycles. The van der Waals surface area contributed by atoms with E-state index in [2.05, 4.69) is 9.84 Å². The van der Waals surface area contributed by atoms with Crippen molar-refractivity contribution in [2.45, 2.75) is 38.6 Å². The summed E-state index contributed by atoms with van der Waals surface area (Å²) < 4.78 is 41.5. The van der Waals surface area contributed by atoms with Crippen LogP contribution in [-0.2, 0) is 11.3 Å². The second kappa shape index (κ2) is 6.75. The number of alkyl halides is 3. The highest BCUT2D eigenvalue weighted by atomic mass is 19.4. The third-order valence-corrected chi connectivity index (χ3v) is 2.33. The molecule has 104 valence electrons. The minimum atomic E-state index is -4.32. The van der Waals surface area contributed by atoms with Crippen LogP contribution in [0.1, 0.15) is 31.6 Å². The van der Waals surface area contributed by atoms with Gasteiger partial charge in [0.05, 0.1) is 11.8 Å². The zero-order chi connectivity index (χ0) is 13.6. The average Bonchev–Trinajstić information content (AvgIpc) is 2.71. The maximum atomic E-state index is 11.8. The second-order valence-electron chi connectivity index (χ2n) is 3.95. The molecule has 1 atom stereocenters. The minimum Gasteiger partial charge on any atom is -0.387 e. The Labute approximate surface area is 103 Å². The lowest BCUT2D eigenvalue weighted by Crippen LogP contribution is -2.18. The van der Waals surface area contributed by atoms with Gasteiger partial charge in [-0.3, -0.25) is 4.68 Å². The standard InChI is InChI=1S/C11H17F3N2O2/c1-2-6-16-9(3-5-15-16)10(17)4-7-18-8-11(12,13)14/h3,5,10,17H,2,4,6-8H2,1H3. The summed E-state index contributed by atoms with van der Waals surface area (Å²) in [5.74, 6) is 0. The first-order valence-corrected chi connectivity index (χ1v) is 5.78. The van der Waals surface area contributed by atoms with Crippen molar-refractivity contribution in [3.05, 3.63) is 18.0 Å². The highest BCUT2D eigenvalue weighted by molar-refractivity contribution is 5.04. The van der Waals surface area contributed by atoms with E-state index in [0.717, 1.165) is 6.42 Å². The molecule has 0 bridgehead atoms. The quantitative estimate of drug-likeness (QED) is 0.770. The monoisotopic (exact) mass is 266 g/mol. The van der Waals surface area contributed by atoms with Crippen molar-refractivity contribution >= 4 is 0 Å². The topological polar surface area (TPSA) is 47.3 Å². The molecule has 4 nitrogen and oxygen atoms in total. The number of aromatic nitrogens is 2. The van der Waals surface area contributed by atoms with Crippen LogP contribution >= 0.6 is 0 Å². The number of aliphatic hydroxyl groups is 1. The summed E-state index contributed by atoms with van der Waals surface area (Å²) in [5, 5.41) is 13.9. The smallest absolute Gasteiger partial charge is 0.387 e. The van der Waals surface area contributed by atoms with E-state index >= 15 is 0 Å². The fourth-order valence-electron chi connectivity index (χ4n) is 1.56. The molecule has 1 N–H and O–H groups in total. The number of aliphatic hydroxyl groups excluding tert-OH is 1. The summed E-state index contributed by atoms with van der Waals surface area (Å²) in [6.45, 7) is 1.22. The maximum absolute atomic E-state index is 11.8. The third-order valence-electron chi connectivity index (χ3n) is 2.33. The molecular weight excluding hydrogens is 249 g/mol. The molecule has 0 aliphatic rings. The molecule has 1 aromatic rings. The van der Waals surface area contributed by atoms with Crippen LogP contribution in [-0.4, -0.2) is 34.3 Å². The van der Waals surface area contributed by atoms with Gasteiger partial charge in [-0.1, -0.05) is 6.92 Å². The summed E-state index contributed by atoms with van der Waals surface area (Å²) >= 11 is 0. The molecule has 0 aliphatic carbocycles. The average molecular weight is 266 g/mol. The predicted octanol–water partition coefficient (Wildman–Crippen LogP) is 2.30. The van der Waals surface area contributed by atoms with Crippen LogP contribution in [0.25, 0.3) is 0 Å². The predicted molar refractivity (Wildman–Crippen MR) is 59.0 cm³/mol. The molecule has 1 unspecified atom stereocenters. The van der Waals surface area contributed by atoms with Gasteiger partial charge in [0.2, 0.25) is 0 Å². The summed E-state index contributed by atoms with van der Waals surface area (Å²) in [6.07, 6.45) is -2.63. The van der Waals surface area contributed by atoms with E-state index in [9.17, 15) is 18.3 Å². The normalized spacial score (nSPS) is 13.8. The molecule has 0 aliphatic heterocycles. The first kappa shape index (κ1) is 15.0. The van der Waals surface area contributed by atoms with Gasteiger partial charge in [0.1, 0.15) is 6.61 Å². The molecule has 0 radical (unpaired) electrons. The molecule has 0 aromatic carbocycles. The van der Waals surface area contributed by atoms with Gasteiger partial charge in [-0.15, -0.1) is 0 Å². The van der Waals surface area contributed by atoms with Crippen LogP contribution in [0.3, 0.4) is 0 Å². The molecule has 0 spiro atoms. The van der Waals surface area contributed by atoms with E-state index < -0.39 is 18.9 Å². The van der Waals surface area contributed by atoms with Crippen LogP contribution in [0.4, 0.5) is 13.2 Å². The highest BCUT2D eigenvalue weighted by Crippen LogP contribution is 2.18. The molecule has 0 saturated heterocycles. The number of halogens is 3. The van der Waals surface area contributed by atoms with Crippen molar-refractivity contribution < 1.29 is 23.0 Å². The number of ether oxygens (including phenoxy) is 1. The maximum Gasteiger partial charge on any atom is 0.411 e. The largest absolute Gasteiger partial charge is 0.411 e. The van der Waals surface area contributed by atoms with E-state index in [4.69, 9.17) is 0 Å². The van der Waals surface area contributed by atoms with Crippen LogP contribution in [0, 0.1) is 0 Å². The molecule has 7 heteroatoms. The molecule has 1 heterocycles. The Morgan fingerprint density at radius 3 is 2.83 bits per heavy atom. The lowest BCUT2D eigenvalue weighted by Gasteiger charge is -2.13. The number of rotatable bonds is 7. The number of nitrogens with zero attached hydrogens (tertiary/aromatic N) is 2. The molecule has 0 fully saturated rings. The zero-order valence-electron chi connectivity index (χ0n) is 10.2. The minimum absolute atomic E-state index is 0.117. The van der Waals surface area contributed by atoms with Crippen molar-refractivity contribution in [2.24, 2.45) is 0 Å². The van der Waals surface area contributed by atoms with Gasteiger partial charge < -0.3 is 9.84 Å². The molecule has 1 rings (SSSR count). The summed E-state index contributed by atoms with van der Waals surface area (Å²) in [4.78, 5) is 0. The number of aryl methyl sites for hydroxylation is 1. The zero-order valence-corrected chi connectivity index (χ0v) is 10.2. The van der Waals surface area contributed by atoms with Gasteiger partial charge in [0, 0.05) is 25.8 Å². The van der Waals surface area contributed by atoms with Crippen LogP contribution in [0.5, 0.6) is 0 Å². The summed E-state index contributed by atoms with van der Waals surface area (Å²) in [7, 11) is 0. The van der Waals surface area contributed by atoms with Crippen molar-refractivity contribution in [1.29, 1.82) is 0 Å². The van der Waals surface area contributed by atoms with Crippen LogP contribution in [0.2, 0.25) is 0 Å². The van der Waals surface area contributed by atoms with Gasteiger partial charge in [0.25, 0.3) is 0 Å². The van der Waals surface area contributed by atoms with Crippen LogP contribution in [0.15, 0.2) is 12.3 Å². The molecule has 18 heavy (non-hydrogen) atoms. The van der Waals surface area contributed by atoms with E-state index in [1.54, 1.807) is 16.9 Å². The van der Waals surface area contributed by atoms with Crippen molar-refractivity contribution in [1.82, 2.24) is 9.78 Å². The Bertz CT molecular complexity index is 352. The van der Waals surface area contributed by atoms with E-state index in [0.29, 0.717) is 12.2 Å². The van der Waals surface area contributed by atoms with Crippen LogP contribution < -0.4 is 0 Å². The van der Waals surface area contributed by atoms with E-state index in [1.165, 1.54) is 0 Å². The van der Waals surface area contributed by atoms with Crippen molar-refractivity contribution in [3.8, 4) is 0 Å². The second-order valence-corrected chi connectivity index (χ2v) is 3.95. The Kier molecular flexibility index (Phi) is 5.61. The first-order valence-electron chi connectivity index (χ1n) is 5.78. The summed E-state index contributed by atoms with van der Waals surface area (Å²) in [6, 6.07) is 1.66. The van der Waals surface area contributed by atoms with Gasteiger partial charge in [-0.25, -0.2) is 0 Å². The van der Waals surface area contributed by atoms with Crippen molar-refractivity contribution in [2.75, 3.05) is 13.2 Å². The molecular formula is C11H17F3N2O2. The Hall–Kier alpha value is -1.08. The van der Waals surface area contributed by atoms with Gasteiger partial charge in [0.15, 0.2) is 0 Å². The third kappa shape index (κ3) is 5.05. The Morgan fingerprint density at radius 1 is 1.50 bits per heavy atom. The highest BCUT2D eigenvalue weighted by Gasteiger charge is 2.27. The fourth-order valence-corrected chi connectivity index (χ4v) is 1.56. The SMILES string of the molecule is CCCn1nccc1C(O)CCOCC(F)(F)F. The van der Waals surface area contributed by atoms with Gasteiger partial charge >= 0.3 is 6.18 Å².